The lowest BCUT2D eigenvalue weighted by molar-refractivity contribution is -0.153. The molecule has 0 spiro atoms. The molecule has 5 nitrogen and oxygen atoms in total. The van der Waals surface area contributed by atoms with Gasteiger partial charge in [0, 0.05) is 35.5 Å². The fourth-order valence-electron chi connectivity index (χ4n) is 4.97. The molecule has 10 heteroatoms. The van der Waals surface area contributed by atoms with Crippen LogP contribution in [0.4, 0.5) is 22.0 Å². The van der Waals surface area contributed by atoms with E-state index in [4.69, 9.17) is 0 Å². The minimum absolute atomic E-state index is 0.0492. The number of piperidine rings is 1. The SMILES string of the molecule is Cc1ccc(C(F)(F)C(=O)NCc2ccc3c(c2)CC(C2CCC(C)NC2=O)C3=O)c(C(F)(F)F)c1. The third-order valence-electron chi connectivity index (χ3n) is 6.89. The number of fused-ring (bicyclic) bond motifs is 1. The van der Waals surface area contributed by atoms with Crippen molar-refractivity contribution in [3.63, 3.8) is 0 Å². The van der Waals surface area contributed by atoms with E-state index in [1.807, 2.05) is 12.2 Å². The molecule has 0 radical (unpaired) electrons. The number of carbonyl (C=O) groups excluding carboxylic acids is 3. The monoisotopic (exact) mass is 508 g/mol. The van der Waals surface area contributed by atoms with Gasteiger partial charge in [0.05, 0.1) is 5.56 Å². The minimum atomic E-state index is -5.05. The summed E-state index contributed by atoms with van der Waals surface area (Å²) in [6.07, 6.45) is -3.38. The van der Waals surface area contributed by atoms with Gasteiger partial charge in [0.15, 0.2) is 5.78 Å². The van der Waals surface area contributed by atoms with Gasteiger partial charge in [-0.2, -0.15) is 22.0 Å². The number of hydrogen-bond donors (Lipinski definition) is 2. The molecule has 192 valence electrons. The Morgan fingerprint density at radius 1 is 1.00 bits per heavy atom. The smallest absolute Gasteiger partial charge is 0.353 e. The summed E-state index contributed by atoms with van der Waals surface area (Å²) >= 11 is 0. The summed E-state index contributed by atoms with van der Waals surface area (Å²) in [4.78, 5) is 37.6. The lowest BCUT2D eigenvalue weighted by Crippen LogP contribution is -2.46. The van der Waals surface area contributed by atoms with Crippen molar-refractivity contribution in [2.75, 3.05) is 0 Å². The van der Waals surface area contributed by atoms with Gasteiger partial charge in [0.25, 0.3) is 5.91 Å². The van der Waals surface area contributed by atoms with Crippen LogP contribution in [0.5, 0.6) is 0 Å². The lowest BCUT2D eigenvalue weighted by Gasteiger charge is -2.29. The summed E-state index contributed by atoms with van der Waals surface area (Å²) in [5.41, 5.74) is -1.35. The van der Waals surface area contributed by atoms with E-state index < -0.39 is 41.0 Å². The zero-order valence-corrected chi connectivity index (χ0v) is 19.6. The maximum Gasteiger partial charge on any atom is 0.416 e. The van der Waals surface area contributed by atoms with E-state index in [0.717, 1.165) is 12.5 Å². The molecule has 0 bridgehead atoms. The van der Waals surface area contributed by atoms with Crippen LogP contribution in [0, 0.1) is 18.8 Å². The van der Waals surface area contributed by atoms with Gasteiger partial charge >= 0.3 is 12.1 Å². The highest BCUT2D eigenvalue weighted by molar-refractivity contribution is 6.04. The summed E-state index contributed by atoms with van der Waals surface area (Å²) in [5, 5.41) is 4.88. The van der Waals surface area contributed by atoms with Crippen LogP contribution in [0.2, 0.25) is 0 Å². The number of rotatable bonds is 5. The van der Waals surface area contributed by atoms with E-state index in [1.54, 1.807) is 6.07 Å². The fourth-order valence-corrected chi connectivity index (χ4v) is 4.97. The molecule has 2 amide bonds. The molecule has 1 aliphatic carbocycles. The molecule has 3 unspecified atom stereocenters. The molecule has 1 aliphatic heterocycles. The Labute approximate surface area is 204 Å². The maximum atomic E-state index is 14.8. The molecule has 1 heterocycles. The van der Waals surface area contributed by atoms with Crippen LogP contribution in [0.15, 0.2) is 36.4 Å². The highest BCUT2D eigenvalue weighted by Gasteiger charge is 2.48. The average Bonchev–Trinajstić information content (AvgIpc) is 3.12. The number of alkyl halides is 5. The number of nitrogens with one attached hydrogen (secondary N) is 2. The molecular formula is C26H25F5N2O3. The van der Waals surface area contributed by atoms with E-state index in [-0.39, 0.29) is 29.8 Å². The third-order valence-corrected chi connectivity index (χ3v) is 6.89. The zero-order chi connectivity index (χ0) is 26.4. The molecule has 36 heavy (non-hydrogen) atoms. The lowest BCUT2D eigenvalue weighted by atomic mass is 9.81. The molecule has 4 rings (SSSR count). The molecule has 2 aromatic carbocycles. The molecular weight excluding hydrogens is 483 g/mol. The fraction of sp³-hybridized carbons (Fsp3) is 0.423. The van der Waals surface area contributed by atoms with Crippen LogP contribution < -0.4 is 10.6 Å². The van der Waals surface area contributed by atoms with E-state index in [9.17, 15) is 36.3 Å². The van der Waals surface area contributed by atoms with E-state index in [1.165, 1.54) is 19.1 Å². The highest BCUT2D eigenvalue weighted by Crippen LogP contribution is 2.40. The molecule has 2 aliphatic rings. The topological polar surface area (TPSA) is 75.3 Å². The van der Waals surface area contributed by atoms with Gasteiger partial charge < -0.3 is 10.6 Å². The van der Waals surface area contributed by atoms with Crippen LogP contribution in [-0.4, -0.2) is 23.6 Å². The van der Waals surface area contributed by atoms with Crippen LogP contribution in [0.3, 0.4) is 0 Å². The number of benzene rings is 2. The van der Waals surface area contributed by atoms with Crippen molar-refractivity contribution in [3.8, 4) is 0 Å². The summed E-state index contributed by atoms with van der Waals surface area (Å²) in [6.45, 7) is 2.86. The number of Topliss-reactive ketones (excluding diaryl/α,β-unsaturated/α-hetero) is 1. The predicted molar refractivity (Wildman–Crippen MR) is 120 cm³/mol. The number of amides is 2. The Bertz CT molecular complexity index is 1220. The van der Waals surface area contributed by atoms with Crippen molar-refractivity contribution in [2.45, 2.75) is 57.8 Å². The first kappa shape index (κ1) is 25.8. The molecule has 1 saturated heterocycles. The zero-order valence-electron chi connectivity index (χ0n) is 19.6. The van der Waals surface area contributed by atoms with Gasteiger partial charge in [-0.3, -0.25) is 14.4 Å². The average molecular weight is 508 g/mol. The van der Waals surface area contributed by atoms with Gasteiger partial charge in [-0.15, -0.1) is 0 Å². The van der Waals surface area contributed by atoms with Crippen molar-refractivity contribution >= 4 is 17.6 Å². The summed E-state index contributed by atoms with van der Waals surface area (Å²) in [5.74, 6) is -7.55. The first-order valence-corrected chi connectivity index (χ1v) is 11.6. The van der Waals surface area contributed by atoms with E-state index >= 15 is 0 Å². The minimum Gasteiger partial charge on any atom is -0.353 e. The van der Waals surface area contributed by atoms with Crippen LogP contribution in [-0.2, 0) is 34.7 Å². The number of halogens is 5. The molecule has 0 saturated carbocycles. The quantitative estimate of drug-likeness (QED) is 0.576. The predicted octanol–water partition coefficient (Wildman–Crippen LogP) is 4.69. The molecule has 2 N–H and O–H groups in total. The van der Waals surface area contributed by atoms with Gasteiger partial charge in [0.1, 0.15) is 0 Å². The van der Waals surface area contributed by atoms with Gasteiger partial charge in [-0.1, -0.05) is 35.9 Å². The van der Waals surface area contributed by atoms with Crippen molar-refractivity contribution in [1.82, 2.24) is 10.6 Å². The van der Waals surface area contributed by atoms with E-state index in [0.29, 0.717) is 41.7 Å². The van der Waals surface area contributed by atoms with Crippen molar-refractivity contribution < 1.29 is 36.3 Å². The van der Waals surface area contributed by atoms with Crippen LogP contribution >= 0.6 is 0 Å². The highest BCUT2D eigenvalue weighted by atomic mass is 19.4. The first-order chi connectivity index (χ1) is 16.8. The van der Waals surface area contributed by atoms with Crippen LogP contribution in [0.1, 0.15) is 57.9 Å². The second-order valence-corrected chi connectivity index (χ2v) is 9.56. The number of ketones is 1. The molecule has 0 aromatic heterocycles. The Balaban J connectivity index is 1.47. The maximum absolute atomic E-state index is 14.8. The standard InChI is InChI=1S/C26H25F5N2O3/c1-13-3-8-20(21(9-13)26(29,30)31)25(27,28)24(36)32-12-15-5-7-17-16(10-15)11-19(22(17)34)18-6-4-14(2)33-23(18)35/h3,5,7-10,14,18-19H,4,6,11-12H2,1-2H3,(H,32,36)(H,33,35). The largest absolute Gasteiger partial charge is 0.416 e. The number of carbonyl (C=O) groups is 3. The number of hydrogen-bond acceptors (Lipinski definition) is 3. The normalized spacial score (nSPS) is 22.2. The van der Waals surface area contributed by atoms with Crippen molar-refractivity contribution in [1.29, 1.82) is 0 Å². The summed E-state index contributed by atoms with van der Waals surface area (Å²) < 4.78 is 69.5. The van der Waals surface area contributed by atoms with Crippen LogP contribution in [0.25, 0.3) is 0 Å². The molecule has 1 fully saturated rings. The summed E-state index contributed by atoms with van der Waals surface area (Å²) in [7, 11) is 0. The third kappa shape index (κ3) is 4.85. The van der Waals surface area contributed by atoms with Gasteiger partial charge in [-0.05, 0) is 50.3 Å². The Kier molecular flexibility index (Phi) is 6.66. The molecule has 3 atom stereocenters. The Hall–Kier alpha value is -3.30. The second-order valence-electron chi connectivity index (χ2n) is 9.56. The Morgan fingerprint density at radius 2 is 1.72 bits per heavy atom. The first-order valence-electron chi connectivity index (χ1n) is 11.6. The van der Waals surface area contributed by atoms with Crippen molar-refractivity contribution in [2.24, 2.45) is 11.8 Å². The second kappa shape index (κ2) is 9.29. The number of aryl methyl sites for hydroxylation is 1. The summed E-state index contributed by atoms with van der Waals surface area (Å²) in [6, 6.07) is 6.96. The molecule has 2 aromatic rings. The van der Waals surface area contributed by atoms with E-state index in [2.05, 4.69) is 5.32 Å². The van der Waals surface area contributed by atoms with Gasteiger partial charge in [0.2, 0.25) is 5.91 Å². The van der Waals surface area contributed by atoms with Crippen molar-refractivity contribution in [3.05, 3.63) is 69.8 Å². The Morgan fingerprint density at radius 3 is 2.39 bits per heavy atom. The van der Waals surface area contributed by atoms with Gasteiger partial charge in [-0.25, -0.2) is 0 Å².